The van der Waals surface area contributed by atoms with Crippen molar-refractivity contribution in [3.8, 4) is 28.5 Å². The molecule has 1 atom stereocenters. The predicted octanol–water partition coefficient (Wildman–Crippen LogP) is 5.75. The number of hydrogen-bond acceptors (Lipinski definition) is 5. The van der Waals surface area contributed by atoms with Crippen molar-refractivity contribution in [1.82, 2.24) is 19.7 Å². The minimum atomic E-state index is -0.934. The zero-order valence-corrected chi connectivity index (χ0v) is 21.1. The van der Waals surface area contributed by atoms with E-state index < -0.39 is 34.9 Å². The first-order chi connectivity index (χ1) is 18.7. The highest BCUT2D eigenvalue weighted by atomic mass is 19.1. The van der Waals surface area contributed by atoms with Crippen LogP contribution in [0.4, 0.5) is 19.0 Å². The van der Waals surface area contributed by atoms with Crippen LogP contribution in [0.3, 0.4) is 0 Å². The molecule has 2 bridgehead atoms. The number of aliphatic carboxylic acids is 1. The molecule has 3 aromatic heterocycles. The van der Waals surface area contributed by atoms with E-state index in [1.54, 1.807) is 13.2 Å². The van der Waals surface area contributed by atoms with Gasteiger partial charge in [0.15, 0.2) is 11.6 Å². The van der Waals surface area contributed by atoms with Crippen LogP contribution >= 0.6 is 0 Å². The molecule has 0 saturated heterocycles. The maximum atomic E-state index is 16.4. The standard InChI is InChI=1S/C28H25F3N6O2/c1-37-13-15(11-34-37)21-18(10-32)24(19-12-33-25-17(19)8-16(29)9-20(25)30)35-26(23(21)31)36-28-6-2-4-14(5-3-7-28)22(28)27(38)39/h8-9,11-14,22,33H,2-7H2,1H3,(H,35,36)(H,38,39)/t14?,22-,28?/m0/s1. The van der Waals surface area contributed by atoms with Crippen LogP contribution in [0.5, 0.6) is 0 Å². The first-order valence-electron chi connectivity index (χ1n) is 12.8. The van der Waals surface area contributed by atoms with Crippen molar-refractivity contribution in [3.05, 3.63) is 53.7 Å². The van der Waals surface area contributed by atoms with E-state index in [-0.39, 0.29) is 45.0 Å². The minimum absolute atomic E-state index is 0.0166. The summed E-state index contributed by atoms with van der Waals surface area (Å²) in [5.74, 6) is -4.34. The molecule has 11 heteroatoms. The summed E-state index contributed by atoms with van der Waals surface area (Å²) in [5.41, 5.74) is -0.561. The average Bonchev–Trinajstić information content (AvgIpc) is 3.50. The Hall–Kier alpha value is -4.33. The van der Waals surface area contributed by atoms with Gasteiger partial charge >= 0.3 is 5.97 Å². The molecule has 2 fully saturated rings. The fourth-order valence-corrected chi connectivity index (χ4v) is 6.72. The lowest BCUT2D eigenvalue weighted by molar-refractivity contribution is -0.149. The first-order valence-corrected chi connectivity index (χ1v) is 12.8. The van der Waals surface area contributed by atoms with Gasteiger partial charge in [0.25, 0.3) is 0 Å². The number of H-pyrrole nitrogens is 1. The van der Waals surface area contributed by atoms with Crippen molar-refractivity contribution < 1.29 is 23.1 Å². The van der Waals surface area contributed by atoms with Gasteiger partial charge in [0.1, 0.15) is 17.7 Å². The lowest BCUT2D eigenvalue weighted by Gasteiger charge is -2.50. The number of nitriles is 1. The summed E-state index contributed by atoms with van der Waals surface area (Å²) in [5, 5.41) is 27.8. The molecule has 200 valence electrons. The predicted molar refractivity (Wildman–Crippen MR) is 137 cm³/mol. The summed E-state index contributed by atoms with van der Waals surface area (Å²) in [7, 11) is 1.65. The Morgan fingerprint density at radius 3 is 2.64 bits per heavy atom. The number of halogens is 3. The van der Waals surface area contributed by atoms with Gasteiger partial charge in [-0.2, -0.15) is 10.4 Å². The van der Waals surface area contributed by atoms with Gasteiger partial charge in [0.05, 0.1) is 34.4 Å². The van der Waals surface area contributed by atoms with Crippen LogP contribution < -0.4 is 5.32 Å². The van der Waals surface area contributed by atoms with E-state index in [0.717, 1.165) is 37.8 Å². The van der Waals surface area contributed by atoms with Crippen LogP contribution in [-0.2, 0) is 11.8 Å². The Kier molecular flexibility index (Phi) is 5.86. The summed E-state index contributed by atoms with van der Waals surface area (Å²) >= 11 is 0. The molecule has 2 saturated carbocycles. The largest absolute Gasteiger partial charge is 0.481 e. The molecule has 0 aliphatic heterocycles. The second-order valence-corrected chi connectivity index (χ2v) is 10.5. The third-order valence-corrected chi connectivity index (χ3v) is 8.30. The third-order valence-electron chi connectivity index (χ3n) is 8.30. The Morgan fingerprint density at radius 2 is 2.00 bits per heavy atom. The van der Waals surface area contributed by atoms with Crippen LogP contribution in [0.15, 0.2) is 30.7 Å². The normalized spacial score (nSPS) is 22.5. The molecule has 0 amide bonds. The molecule has 39 heavy (non-hydrogen) atoms. The lowest BCUT2D eigenvalue weighted by atomic mass is 9.59. The molecular formula is C28H25F3N6O2. The van der Waals surface area contributed by atoms with Crippen LogP contribution in [0.2, 0.25) is 0 Å². The smallest absolute Gasteiger partial charge is 0.309 e. The van der Waals surface area contributed by atoms with Gasteiger partial charge in [-0.25, -0.2) is 18.2 Å². The molecule has 0 unspecified atom stereocenters. The topological polar surface area (TPSA) is 120 Å². The Balaban J connectivity index is 1.61. The number of benzene rings is 1. The molecule has 8 nitrogen and oxygen atoms in total. The van der Waals surface area contributed by atoms with Gasteiger partial charge in [-0.3, -0.25) is 9.48 Å². The number of aromatic nitrogens is 4. The van der Waals surface area contributed by atoms with E-state index in [2.05, 4.69) is 20.4 Å². The number of nitrogens with one attached hydrogen (secondary N) is 2. The average molecular weight is 535 g/mol. The van der Waals surface area contributed by atoms with E-state index in [0.29, 0.717) is 18.4 Å². The van der Waals surface area contributed by atoms with E-state index >= 15 is 4.39 Å². The number of fused-ring (bicyclic) bond motifs is 3. The number of aromatic amines is 1. The maximum Gasteiger partial charge on any atom is 0.309 e. The molecule has 3 N–H and O–H groups in total. The number of rotatable bonds is 5. The van der Waals surface area contributed by atoms with Crippen molar-refractivity contribution in [2.75, 3.05) is 5.32 Å². The molecule has 4 aromatic rings. The van der Waals surface area contributed by atoms with Crippen molar-refractivity contribution in [2.24, 2.45) is 18.9 Å². The highest BCUT2D eigenvalue weighted by Gasteiger charge is 2.52. The van der Waals surface area contributed by atoms with E-state index in [4.69, 9.17) is 0 Å². The number of nitrogens with zero attached hydrogens (tertiary/aromatic N) is 4. The maximum absolute atomic E-state index is 16.4. The monoisotopic (exact) mass is 534 g/mol. The molecular weight excluding hydrogens is 509 g/mol. The van der Waals surface area contributed by atoms with Gasteiger partial charge in [-0.15, -0.1) is 0 Å². The third kappa shape index (κ3) is 3.93. The molecule has 2 aliphatic rings. The fourth-order valence-electron chi connectivity index (χ4n) is 6.72. The zero-order valence-electron chi connectivity index (χ0n) is 21.1. The Labute approximate surface area is 221 Å². The summed E-state index contributed by atoms with van der Waals surface area (Å²) in [6, 6.07) is 3.90. The molecule has 2 aliphatic carbocycles. The van der Waals surface area contributed by atoms with Crippen molar-refractivity contribution in [3.63, 3.8) is 0 Å². The van der Waals surface area contributed by atoms with Gasteiger partial charge in [0, 0.05) is 47.6 Å². The molecule has 1 aromatic carbocycles. The highest BCUT2D eigenvalue weighted by molar-refractivity contribution is 5.98. The minimum Gasteiger partial charge on any atom is -0.481 e. The number of aryl methyl sites for hydroxylation is 1. The Morgan fingerprint density at radius 1 is 1.26 bits per heavy atom. The number of carboxylic acid groups (broad SMARTS) is 1. The first kappa shape index (κ1) is 25.0. The van der Waals surface area contributed by atoms with Gasteiger partial charge in [0.2, 0.25) is 0 Å². The quantitative estimate of drug-likeness (QED) is 0.300. The zero-order chi connectivity index (χ0) is 27.5. The van der Waals surface area contributed by atoms with Gasteiger partial charge < -0.3 is 15.4 Å². The second kappa shape index (κ2) is 9.15. The second-order valence-electron chi connectivity index (χ2n) is 10.5. The number of carboxylic acids is 1. The van der Waals surface area contributed by atoms with Crippen LogP contribution in [-0.4, -0.2) is 36.4 Å². The number of carbonyl (C=O) groups is 1. The van der Waals surface area contributed by atoms with Gasteiger partial charge in [-0.05, 0) is 37.7 Å². The highest BCUT2D eigenvalue weighted by Crippen LogP contribution is 2.50. The number of hydrogen-bond donors (Lipinski definition) is 3. The fraction of sp³-hybridized carbons (Fsp3) is 0.357. The summed E-state index contributed by atoms with van der Waals surface area (Å²) in [6.07, 6.45) is 8.61. The lowest BCUT2D eigenvalue weighted by Crippen LogP contribution is -2.57. The van der Waals surface area contributed by atoms with Crippen molar-refractivity contribution in [2.45, 2.75) is 44.1 Å². The number of anilines is 1. The van der Waals surface area contributed by atoms with Gasteiger partial charge in [-0.1, -0.05) is 12.8 Å². The van der Waals surface area contributed by atoms with E-state index in [1.807, 2.05) is 6.07 Å². The molecule has 0 radical (unpaired) electrons. The van der Waals surface area contributed by atoms with Crippen molar-refractivity contribution >= 4 is 22.7 Å². The summed E-state index contributed by atoms with van der Waals surface area (Å²) in [4.78, 5) is 19.7. The van der Waals surface area contributed by atoms with Crippen molar-refractivity contribution in [1.29, 1.82) is 5.26 Å². The van der Waals surface area contributed by atoms with Crippen LogP contribution in [0.25, 0.3) is 33.3 Å². The van der Waals surface area contributed by atoms with Crippen LogP contribution in [0.1, 0.15) is 44.1 Å². The Bertz CT molecular complexity index is 1660. The molecule has 6 rings (SSSR count). The summed E-state index contributed by atoms with van der Waals surface area (Å²) < 4.78 is 46.6. The van der Waals surface area contributed by atoms with E-state index in [9.17, 15) is 23.9 Å². The van der Waals surface area contributed by atoms with E-state index in [1.165, 1.54) is 17.1 Å². The molecule has 3 heterocycles. The summed E-state index contributed by atoms with van der Waals surface area (Å²) in [6.45, 7) is 0. The SMILES string of the molecule is Cn1cc(-c2c(F)c(NC34CCCC(CCC3)[C@H]4C(=O)O)nc(-c3c[nH]c4c(F)cc(F)cc34)c2C#N)cn1. The number of pyridine rings is 1. The molecule has 0 spiro atoms. The van der Waals surface area contributed by atoms with Crippen LogP contribution in [0, 0.1) is 40.6 Å².